The molecule has 1 aliphatic rings. The van der Waals surface area contributed by atoms with Crippen molar-refractivity contribution in [2.75, 3.05) is 30.9 Å². The highest BCUT2D eigenvalue weighted by atomic mass is 32.2. The number of benzene rings is 2. The van der Waals surface area contributed by atoms with Crippen molar-refractivity contribution in [3.05, 3.63) is 71.3 Å². The maximum atomic E-state index is 14.1. The topological polar surface area (TPSA) is 111 Å². The lowest BCUT2D eigenvalue weighted by molar-refractivity contribution is -0.146. The van der Waals surface area contributed by atoms with Crippen molar-refractivity contribution in [2.45, 2.75) is 70.2 Å². The monoisotopic (exact) mass is 614 g/mol. The van der Waals surface area contributed by atoms with Gasteiger partial charge < -0.3 is 26.0 Å². The Morgan fingerprint density at radius 2 is 1.74 bits per heavy atom. The Labute approximate surface area is 260 Å². The predicted octanol–water partition coefficient (Wildman–Crippen LogP) is 3.40. The minimum Gasteiger partial charge on any atom is -0.480 e. The van der Waals surface area contributed by atoms with Crippen LogP contribution in [0.4, 0.5) is 0 Å². The van der Waals surface area contributed by atoms with Gasteiger partial charge in [0, 0.05) is 31.3 Å². The van der Waals surface area contributed by atoms with E-state index >= 15 is 0 Å². The summed E-state index contributed by atoms with van der Waals surface area (Å²) >= 11 is 6.07. The first kappa shape index (κ1) is 34.0. The summed E-state index contributed by atoms with van der Waals surface area (Å²) in [6, 6.07) is 16.0. The molecule has 0 aliphatic carbocycles. The minimum absolute atomic E-state index is 0.0228. The van der Waals surface area contributed by atoms with E-state index < -0.39 is 30.0 Å². The summed E-state index contributed by atoms with van der Waals surface area (Å²) in [5.74, 6) is -0.446. The Bertz CT molecular complexity index is 1150. The second kappa shape index (κ2) is 17.6. The van der Waals surface area contributed by atoms with Crippen LogP contribution in [-0.2, 0) is 33.8 Å². The zero-order valence-electron chi connectivity index (χ0n) is 24.9. The molecular formula is C32H46N4O4S2. The summed E-state index contributed by atoms with van der Waals surface area (Å²) in [4.78, 5) is 41.1. The highest BCUT2D eigenvalue weighted by Gasteiger charge is 2.39. The third-order valence-electron chi connectivity index (χ3n) is 7.71. The highest BCUT2D eigenvalue weighted by Crippen LogP contribution is 2.25. The molecular weight excluding hydrogens is 569 g/mol. The van der Waals surface area contributed by atoms with Crippen LogP contribution in [0.1, 0.15) is 43.4 Å². The average Bonchev–Trinajstić information content (AvgIpc) is 2.99. The molecule has 1 aliphatic heterocycles. The van der Waals surface area contributed by atoms with Crippen molar-refractivity contribution in [2.24, 2.45) is 5.92 Å². The number of nitrogens with one attached hydrogen (secondary N) is 3. The normalized spacial score (nSPS) is 16.9. The van der Waals surface area contributed by atoms with Crippen LogP contribution in [0.2, 0.25) is 0 Å². The van der Waals surface area contributed by atoms with Gasteiger partial charge in [-0.25, -0.2) is 4.79 Å². The SMILES string of the molecule is CSCC[C@H](NC(=O)[C@@H]1Cc2ccccc2CN1C(=O)[C@@H](NC[C@H](CS)NCCCc1ccccc1)C(C)C)C(=O)O. The number of aliphatic carboxylic acids is 1. The van der Waals surface area contributed by atoms with Gasteiger partial charge >= 0.3 is 5.97 Å². The van der Waals surface area contributed by atoms with Gasteiger partial charge in [0.25, 0.3) is 0 Å². The van der Waals surface area contributed by atoms with Gasteiger partial charge in [-0.05, 0) is 60.4 Å². The van der Waals surface area contributed by atoms with Crippen LogP contribution < -0.4 is 16.0 Å². The van der Waals surface area contributed by atoms with Crippen molar-refractivity contribution in [3.8, 4) is 0 Å². The maximum Gasteiger partial charge on any atom is 0.326 e. The number of nitrogens with zero attached hydrogens (tertiary/aromatic N) is 1. The van der Waals surface area contributed by atoms with E-state index in [-0.39, 0.29) is 17.9 Å². The van der Waals surface area contributed by atoms with Gasteiger partial charge in [0.05, 0.1) is 6.04 Å². The summed E-state index contributed by atoms with van der Waals surface area (Å²) in [6.45, 7) is 5.69. The summed E-state index contributed by atoms with van der Waals surface area (Å²) in [5, 5.41) is 19.4. The van der Waals surface area contributed by atoms with E-state index in [1.165, 1.54) is 17.3 Å². The van der Waals surface area contributed by atoms with Gasteiger partial charge in [0.15, 0.2) is 0 Å². The first-order chi connectivity index (χ1) is 20.2. The molecule has 4 atom stereocenters. The molecule has 8 nitrogen and oxygen atoms in total. The number of thiol groups is 1. The molecule has 4 N–H and O–H groups in total. The van der Waals surface area contributed by atoms with Gasteiger partial charge in [0.1, 0.15) is 12.1 Å². The van der Waals surface area contributed by atoms with Gasteiger partial charge in [-0.15, -0.1) is 0 Å². The van der Waals surface area contributed by atoms with E-state index in [0.29, 0.717) is 37.4 Å². The Morgan fingerprint density at radius 3 is 2.38 bits per heavy atom. The summed E-state index contributed by atoms with van der Waals surface area (Å²) < 4.78 is 0. The maximum absolute atomic E-state index is 14.1. The largest absolute Gasteiger partial charge is 0.480 e. The standard InChI is InChI=1S/C32H46N4O4S2/c1-22(2)29(34-19-26(21-41)33-16-9-12-23-10-5-4-6-11-23)31(38)36-20-25-14-8-7-13-24(25)18-28(36)30(37)35-27(32(39)40)15-17-42-3/h4-8,10-11,13-14,22,26-29,33-34,41H,9,12,15-21H2,1-3H3,(H,35,37)(H,39,40)/t26-,27+,28+,29+/m1/s1. The van der Waals surface area contributed by atoms with Crippen LogP contribution in [0.5, 0.6) is 0 Å². The molecule has 0 unspecified atom stereocenters. The minimum atomic E-state index is -1.07. The third-order valence-corrected chi connectivity index (χ3v) is 8.80. The molecule has 42 heavy (non-hydrogen) atoms. The fraction of sp³-hybridized carbons (Fsp3) is 0.531. The lowest BCUT2D eigenvalue weighted by atomic mass is 9.91. The van der Waals surface area contributed by atoms with Crippen LogP contribution in [0.25, 0.3) is 0 Å². The van der Waals surface area contributed by atoms with E-state index in [1.807, 2.05) is 50.4 Å². The number of carbonyl (C=O) groups is 3. The van der Waals surface area contributed by atoms with Crippen LogP contribution in [0.15, 0.2) is 54.6 Å². The Hall–Kier alpha value is -2.53. The molecule has 0 bridgehead atoms. The Kier molecular flexibility index (Phi) is 14.2. The fourth-order valence-corrected chi connectivity index (χ4v) is 5.98. The van der Waals surface area contributed by atoms with E-state index in [1.54, 1.807) is 4.90 Å². The lowest BCUT2D eigenvalue weighted by Crippen LogP contribution is -2.60. The van der Waals surface area contributed by atoms with Gasteiger partial charge in [-0.1, -0.05) is 68.4 Å². The van der Waals surface area contributed by atoms with Crippen LogP contribution >= 0.6 is 24.4 Å². The van der Waals surface area contributed by atoms with Gasteiger partial charge in [-0.2, -0.15) is 24.4 Å². The molecule has 2 aromatic rings. The third kappa shape index (κ3) is 10.0. The Morgan fingerprint density at radius 1 is 1.05 bits per heavy atom. The molecule has 2 aromatic carbocycles. The van der Waals surface area contributed by atoms with E-state index in [0.717, 1.165) is 30.5 Å². The van der Waals surface area contributed by atoms with Crippen molar-refractivity contribution in [1.29, 1.82) is 0 Å². The first-order valence-corrected chi connectivity index (χ1v) is 16.8. The second-order valence-electron chi connectivity index (χ2n) is 11.2. The molecule has 2 amide bonds. The number of rotatable bonds is 17. The van der Waals surface area contributed by atoms with Gasteiger partial charge in [-0.3, -0.25) is 9.59 Å². The lowest BCUT2D eigenvalue weighted by Gasteiger charge is -2.39. The molecule has 0 fully saturated rings. The van der Waals surface area contributed by atoms with Crippen LogP contribution in [0, 0.1) is 5.92 Å². The summed E-state index contributed by atoms with van der Waals surface area (Å²) in [6.07, 6.45) is 4.55. The molecule has 0 radical (unpaired) electrons. The van der Waals surface area contributed by atoms with Crippen molar-refractivity contribution < 1.29 is 19.5 Å². The molecule has 0 spiro atoms. The number of carbonyl (C=O) groups excluding carboxylic acids is 2. The zero-order chi connectivity index (χ0) is 30.5. The molecule has 0 aromatic heterocycles. The van der Waals surface area contributed by atoms with Crippen molar-refractivity contribution in [3.63, 3.8) is 0 Å². The van der Waals surface area contributed by atoms with Crippen LogP contribution in [-0.4, -0.2) is 82.8 Å². The molecule has 1 heterocycles. The van der Waals surface area contributed by atoms with Crippen molar-refractivity contribution >= 4 is 42.2 Å². The van der Waals surface area contributed by atoms with Crippen LogP contribution in [0.3, 0.4) is 0 Å². The number of fused-ring (bicyclic) bond motifs is 1. The number of carboxylic acid groups (broad SMARTS) is 1. The molecule has 0 saturated carbocycles. The average molecular weight is 615 g/mol. The molecule has 230 valence electrons. The number of aryl methyl sites for hydroxylation is 1. The number of hydrogen-bond donors (Lipinski definition) is 5. The molecule has 0 saturated heterocycles. The van der Waals surface area contributed by atoms with E-state index in [4.69, 9.17) is 0 Å². The fourth-order valence-electron chi connectivity index (χ4n) is 5.25. The number of thioether (sulfide) groups is 1. The van der Waals surface area contributed by atoms with E-state index in [2.05, 4.69) is 52.8 Å². The molecule has 3 rings (SSSR count). The molecule has 10 heteroatoms. The first-order valence-electron chi connectivity index (χ1n) is 14.8. The smallest absolute Gasteiger partial charge is 0.326 e. The summed E-state index contributed by atoms with van der Waals surface area (Å²) in [5.41, 5.74) is 3.32. The Balaban J connectivity index is 1.68. The van der Waals surface area contributed by atoms with Crippen molar-refractivity contribution in [1.82, 2.24) is 20.9 Å². The number of hydrogen-bond acceptors (Lipinski definition) is 7. The van der Waals surface area contributed by atoms with E-state index in [9.17, 15) is 19.5 Å². The zero-order valence-corrected chi connectivity index (χ0v) is 26.6. The number of carboxylic acids is 1. The quantitative estimate of drug-likeness (QED) is 0.137. The van der Waals surface area contributed by atoms with Gasteiger partial charge in [0.2, 0.25) is 11.8 Å². The number of amides is 2. The predicted molar refractivity (Wildman–Crippen MR) is 174 cm³/mol. The second-order valence-corrected chi connectivity index (χ2v) is 12.5. The summed E-state index contributed by atoms with van der Waals surface area (Å²) in [7, 11) is 0. The highest BCUT2D eigenvalue weighted by molar-refractivity contribution is 7.98.